The molecule has 0 amide bonds. The zero-order chi connectivity index (χ0) is 18.8. The van der Waals surface area contributed by atoms with Crippen molar-refractivity contribution in [2.24, 2.45) is 0 Å². The third kappa shape index (κ3) is 4.03. The maximum Gasteiger partial charge on any atom is 0.229 e. The quantitative estimate of drug-likeness (QED) is 0.751. The highest BCUT2D eigenvalue weighted by atomic mass is 16.5. The second kappa shape index (κ2) is 8.13. The van der Waals surface area contributed by atoms with Crippen LogP contribution in [-0.4, -0.2) is 63.4 Å². The lowest BCUT2D eigenvalue weighted by atomic mass is 10.0. The molecule has 8 nitrogen and oxygen atoms in total. The monoisotopic (exact) mass is 384 g/mol. The summed E-state index contributed by atoms with van der Waals surface area (Å²) in [5.74, 6) is 3.04. The minimum Gasteiger partial charge on any atom is -0.381 e. The van der Waals surface area contributed by atoms with Crippen LogP contribution in [0.25, 0.3) is 0 Å². The molecular formula is C20H28N6O2. The van der Waals surface area contributed by atoms with E-state index in [1.807, 2.05) is 12.3 Å². The minimum absolute atomic E-state index is 0.362. The van der Waals surface area contributed by atoms with Gasteiger partial charge in [0.25, 0.3) is 0 Å². The van der Waals surface area contributed by atoms with Crippen LogP contribution in [0.15, 0.2) is 23.1 Å². The first-order valence-corrected chi connectivity index (χ1v) is 10.5. The van der Waals surface area contributed by atoms with Gasteiger partial charge in [0, 0.05) is 50.5 Å². The van der Waals surface area contributed by atoms with Crippen LogP contribution < -0.4 is 4.90 Å². The van der Waals surface area contributed by atoms with E-state index in [1.165, 1.54) is 12.8 Å². The van der Waals surface area contributed by atoms with Crippen LogP contribution in [0.1, 0.15) is 56.2 Å². The number of ether oxygens (including phenoxy) is 1. The molecule has 0 N–H and O–H groups in total. The predicted octanol–water partition coefficient (Wildman–Crippen LogP) is 2.39. The Balaban J connectivity index is 1.17. The van der Waals surface area contributed by atoms with Crippen molar-refractivity contribution in [3.05, 3.63) is 30.3 Å². The molecule has 2 aromatic heterocycles. The number of piperidine rings is 1. The van der Waals surface area contributed by atoms with Gasteiger partial charge in [-0.25, -0.2) is 9.97 Å². The lowest BCUT2D eigenvalue weighted by Crippen LogP contribution is -2.46. The maximum atomic E-state index is 5.54. The fourth-order valence-electron chi connectivity index (χ4n) is 4.46. The van der Waals surface area contributed by atoms with Gasteiger partial charge in [-0.05, 0) is 44.6 Å². The third-order valence-electron chi connectivity index (χ3n) is 6.14. The summed E-state index contributed by atoms with van der Waals surface area (Å²) in [7, 11) is 0. The van der Waals surface area contributed by atoms with Crippen molar-refractivity contribution in [2.45, 2.75) is 63.1 Å². The molecule has 2 aromatic rings. The first-order chi connectivity index (χ1) is 13.9. The van der Waals surface area contributed by atoms with Crippen molar-refractivity contribution < 1.29 is 9.26 Å². The van der Waals surface area contributed by atoms with Gasteiger partial charge in [0.05, 0.1) is 6.54 Å². The van der Waals surface area contributed by atoms with E-state index in [9.17, 15) is 0 Å². The molecule has 3 fully saturated rings. The molecule has 0 spiro atoms. The number of likely N-dealkylation sites (tertiary alicyclic amines) is 1. The van der Waals surface area contributed by atoms with Crippen LogP contribution in [0.4, 0.5) is 5.82 Å². The van der Waals surface area contributed by atoms with Gasteiger partial charge in [-0.1, -0.05) is 5.16 Å². The number of nitrogens with zero attached hydrogens (tertiary/aromatic N) is 6. The van der Waals surface area contributed by atoms with E-state index in [4.69, 9.17) is 9.26 Å². The molecule has 2 saturated heterocycles. The molecule has 0 bridgehead atoms. The smallest absolute Gasteiger partial charge is 0.229 e. The molecule has 8 heteroatoms. The Morgan fingerprint density at radius 3 is 2.54 bits per heavy atom. The maximum absolute atomic E-state index is 5.54. The fraction of sp³-hybridized carbons (Fsp3) is 0.700. The summed E-state index contributed by atoms with van der Waals surface area (Å²) in [6, 6.07) is 3.26. The van der Waals surface area contributed by atoms with Gasteiger partial charge in [0.2, 0.25) is 5.89 Å². The first-order valence-electron chi connectivity index (χ1n) is 10.5. The number of rotatable bonds is 6. The van der Waals surface area contributed by atoms with Crippen LogP contribution in [-0.2, 0) is 11.3 Å². The Kier molecular flexibility index (Phi) is 5.22. The topological polar surface area (TPSA) is 80.4 Å². The van der Waals surface area contributed by atoms with Crippen molar-refractivity contribution in [1.82, 2.24) is 25.0 Å². The van der Waals surface area contributed by atoms with Crippen molar-refractivity contribution in [2.75, 3.05) is 31.2 Å². The molecule has 28 heavy (non-hydrogen) atoms. The van der Waals surface area contributed by atoms with Gasteiger partial charge < -0.3 is 14.2 Å². The van der Waals surface area contributed by atoms with Gasteiger partial charge in [-0.3, -0.25) is 4.90 Å². The van der Waals surface area contributed by atoms with E-state index in [-0.39, 0.29) is 0 Å². The highest BCUT2D eigenvalue weighted by Crippen LogP contribution is 2.35. The van der Waals surface area contributed by atoms with E-state index in [0.717, 1.165) is 76.1 Å². The van der Waals surface area contributed by atoms with Crippen LogP contribution in [0, 0.1) is 0 Å². The minimum atomic E-state index is 0.362. The molecular weight excluding hydrogens is 356 g/mol. The van der Waals surface area contributed by atoms with E-state index in [2.05, 4.69) is 29.9 Å². The van der Waals surface area contributed by atoms with Crippen LogP contribution in [0.5, 0.6) is 0 Å². The summed E-state index contributed by atoms with van der Waals surface area (Å²) in [4.78, 5) is 18.2. The summed E-state index contributed by atoms with van der Waals surface area (Å²) in [6.45, 7) is 4.47. The normalized spacial score (nSPS) is 22.4. The summed E-state index contributed by atoms with van der Waals surface area (Å²) in [6.07, 6.45) is 10.3. The highest BCUT2D eigenvalue weighted by molar-refractivity contribution is 5.41. The Labute approximate surface area is 165 Å². The second-order valence-electron chi connectivity index (χ2n) is 8.15. The molecule has 0 radical (unpaired) electrons. The molecule has 1 saturated carbocycles. The summed E-state index contributed by atoms with van der Waals surface area (Å²) in [5, 5.41) is 4.23. The van der Waals surface area contributed by atoms with Crippen molar-refractivity contribution in [3.8, 4) is 0 Å². The van der Waals surface area contributed by atoms with E-state index in [1.54, 1.807) is 6.33 Å². The molecule has 0 atom stereocenters. The van der Waals surface area contributed by atoms with Gasteiger partial charge in [-0.15, -0.1) is 0 Å². The standard InChI is InChI=1S/C20H28N6O2/c1-2-16(1)26(19-3-8-21-14-22-19)17-4-9-25(10-5-17)13-18-23-20(28-24-18)15-6-11-27-12-7-15/h3,8,14-17H,1-2,4-7,9-13H2. The number of anilines is 1. The zero-order valence-corrected chi connectivity index (χ0v) is 16.2. The van der Waals surface area contributed by atoms with Gasteiger partial charge in [0.15, 0.2) is 5.82 Å². The number of hydrogen-bond donors (Lipinski definition) is 0. The van der Waals surface area contributed by atoms with Crippen molar-refractivity contribution in [3.63, 3.8) is 0 Å². The average Bonchev–Trinajstić information content (AvgIpc) is 3.48. The summed E-state index contributed by atoms with van der Waals surface area (Å²) in [5.41, 5.74) is 0. The lowest BCUT2D eigenvalue weighted by Gasteiger charge is -2.39. The summed E-state index contributed by atoms with van der Waals surface area (Å²) >= 11 is 0. The van der Waals surface area contributed by atoms with E-state index in [0.29, 0.717) is 18.0 Å². The molecule has 2 aliphatic heterocycles. The molecule has 3 aliphatic rings. The second-order valence-corrected chi connectivity index (χ2v) is 8.15. The summed E-state index contributed by atoms with van der Waals surface area (Å²) < 4.78 is 11.0. The molecule has 0 aromatic carbocycles. The molecule has 150 valence electrons. The highest BCUT2D eigenvalue weighted by Gasteiger charge is 2.36. The Hall–Kier alpha value is -2.06. The largest absolute Gasteiger partial charge is 0.381 e. The van der Waals surface area contributed by atoms with E-state index >= 15 is 0 Å². The Morgan fingerprint density at radius 1 is 1.04 bits per heavy atom. The fourth-order valence-corrected chi connectivity index (χ4v) is 4.46. The van der Waals surface area contributed by atoms with Crippen LogP contribution >= 0.6 is 0 Å². The lowest BCUT2D eigenvalue weighted by molar-refractivity contribution is 0.0778. The van der Waals surface area contributed by atoms with Crippen LogP contribution in [0.2, 0.25) is 0 Å². The molecule has 0 unspecified atom stereocenters. The van der Waals surface area contributed by atoms with E-state index < -0.39 is 0 Å². The van der Waals surface area contributed by atoms with Crippen molar-refractivity contribution >= 4 is 5.82 Å². The molecule has 1 aliphatic carbocycles. The number of aromatic nitrogens is 4. The van der Waals surface area contributed by atoms with Gasteiger partial charge in [0.1, 0.15) is 12.1 Å². The van der Waals surface area contributed by atoms with Gasteiger partial charge >= 0.3 is 0 Å². The Bertz CT molecular complexity index is 751. The van der Waals surface area contributed by atoms with Crippen LogP contribution in [0.3, 0.4) is 0 Å². The molecule has 4 heterocycles. The zero-order valence-electron chi connectivity index (χ0n) is 16.2. The van der Waals surface area contributed by atoms with Gasteiger partial charge in [-0.2, -0.15) is 4.98 Å². The average molecular weight is 384 g/mol. The number of hydrogen-bond acceptors (Lipinski definition) is 8. The molecule has 5 rings (SSSR count). The van der Waals surface area contributed by atoms with Crippen molar-refractivity contribution in [1.29, 1.82) is 0 Å². The SMILES string of the molecule is c1cc(N(C2CC2)C2CCN(Cc3noc(C4CCOCC4)n3)CC2)ncn1. The Morgan fingerprint density at radius 2 is 1.82 bits per heavy atom. The predicted molar refractivity (Wildman–Crippen MR) is 103 cm³/mol. The first kappa shape index (κ1) is 18.0. The third-order valence-corrected chi connectivity index (χ3v) is 6.14.